The molecule has 2 aromatic rings. The number of methoxy groups -OCH3 is 2. The van der Waals surface area contributed by atoms with Gasteiger partial charge in [0.2, 0.25) is 0 Å². The topological polar surface area (TPSA) is 47.7 Å². The third kappa shape index (κ3) is 4.45. The van der Waals surface area contributed by atoms with Gasteiger partial charge >= 0.3 is 0 Å². The van der Waals surface area contributed by atoms with Crippen molar-refractivity contribution in [3.05, 3.63) is 52.0 Å². The van der Waals surface area contributed by atoms with Crippen LogP contribution >= 0.6 is 15.9 Å². The summed E-state index contributed by atoms with van der Waals surface area (Å²) in [5.41, 5.74) is 10.0. The summed E-state index contributed by atoms with van der Waals surface area (Å²) < 4.78 is 11.7. The third-order valence-electron chi connectivity index (χ3n) is 3.70. The highest BCUT2D eigenvalue weighted by atomic mass is 79.9. The molecule has 0 aliphatic heterocycles. The molecule has 24 heavy (non-hydrogen) atoms. The van der Waals surface area contributed by atoms with Crippen molar-refractivity contribution in [3.63, 3.8) is 0 Å². The molecule has 128 valence electrons. The number of anilines is 2. The summed E-state index contributed by atoms with van der Waals surface area (Å²) in [6.07, 6.45) is 2.79. The summed E-state index contributed by atoms with van der Waals surface area (Å²) in [4.78, 5) is 2.01. The van der Waals surface area contributed by atoms with Gasteiger partial charge in [-0.25, -0.2) is 0 Å². The molecule has 2 aromatic carbocycles. The standard InChI is InChI=1S/C19H23BrN2O2/c1-22(2)18-7-5-13(10-17(18)21)9-15(20)11-14-12-16(23-3)6-8-19(14)24-4/h5-8,10-12H,9,21H2,1-4H3/b15-11+. The quantitative estimate of drug-likeness (QED) is 0.745. The van der Waals surface area contributed by atoms with Crippen LogP contribution in [0.1, 0.15) is 11.1 Å². The van der Waals surface area contributed by atoms with E-state index in [9.17, 15) is 0 Å². The minimum atomic E-state index is 0.748. The molecule has 0 bridgehead atoms. The van der Waals surface area contributed by atoms with Crippen molar-refractivity contribution in [1.29, 1.82) is 0 Å². The molecule has 0 saturated heterocycles. The largest absolute Gasteiger partial charge is 0.497 e. The second kappa shape index (κ2) is 8.11. The van der Waals surface area contributed by atoms with Crippen LogP contribution in [0.25, 0.3) is 6.08 Å². The first-order valence-electron chi connectivity index (χ1n) is 7.58. The number of rotatable bonds is 6. The van der Waals surface area contributed by atoms with Crippen LogP contribution in [0.3, 0.4) is 0 Å². The van der Waals surface area contributed by atoms with E-state index in [0.717, 1.165) is 44.9 Å². The first-order chi connectivity index (χ1) is 11.4. The minimum Gasteiger partial charge on any atom is -0.497 e. The number of nitrogens with zero attached hydrogens (tertiary/aromatic N) is 1. The fourth-order valence-corrected chi connectivity index (χ4v) is 3.06. The molecule has 2 N–H and O–H groups in total. The number of allylic oxidation sites excluding steroid dienone is 1. The van der Waals surface area contributed by atoms with E-state index in [1.807, 2.05) is 55.4 Å². The third-order valence-corrected chi connectivity index (χ3v) is 4.21. The molecule has 0 saturated carbocycles. The Bertz CT molecular complexity index is 742. The van der Waals surface area contributed by atoms with Crippen LogP contribution < -0.4 is 20.1 Å². The summed E-state index contributed by atoms with van der Waals surface area (Å²) >= 11 is 3.65. The lowest BCUT2D eigenvalue weighted by atomic mass is 10.1. The van der Waals surface area contributed by atoms with E-state index in [1.54, 1.807) is 14.2 Å². The molecule has 0 fully saturated rings. The first-order valence-corrected chi connectivity index (χ1v) is 8.37. The van der Waals surface area contributed by atoms with Crippen LogP contribution in [-0.2, 0) is 6.42 Å². The van der Waals surface area contributed by atoms with Crippen molar-refractivity contribution < 1.29 is 9.47 Å². The van der Waals surface area contributed by atoms with Gasteiger partial charge in [-0.1, -0.05) is 22.0 Å². The maximum absolute atomic E-state index is 6.12. The highest BCUT2D eigenvalue weighted by Crippen LogP contribution is 2.29. The van der Waals surface area contributed by atoms with E-state index in [2.05, 4.69) is 22.0 Å². The first kappa shape index (κ1) is 18.2. The second-order valence-electron chi connectivity index (χ2n) is 5.66. The summed E-state index contributed by atoms with van der Waals surface area (Å²) in [5, 5.41) is 0. The van der Waals surface area contributed by atoms with Gasteiger partial charge in [0.1, 0.15) is 11.5 Å². The van der Waals surface area contributed by atoms with Crippen molar-refractivity contribution in [1.82, 2.24) is 0 Å². The van der Waals surface area contributed by atoms with Crippen molar-refractivity contribution in [3.8, 4) is 11.5 Å². The maximum atomic E-state index is 6.12. The maximum Gasteiger partial charge on any atom is 0.126 e. The number of nitrogens with two attached hydrogens (primary N) is 1. The van der Waals surface area contributed by atoms with Crippen molar-refractivity contribution in [2.75, 3.05) is 38.9 Å². The van der Waals surface area contributed by atoms with E-state index in [0.29, 0.717) is 0 Å². The van der Waals surface area contributed by atoms with Gasteiger partial charge in [0.15, 0.2) is 0 Å². The average Bonchev–Trinajstić information content (AvgIpc) is 2.54. The van der Waals surface area contributed by atoms with Gasteiger partial charge in [-0.2, -0.15) is 0 Å². The normalized spacial score (nSPS) is 11.3. The predicted octanol–water partition coefficient (Wildman–Crippen LogP) is 4.33. The lowest BCUT2D eigenvalue weighted by Crippen LogP contribution is -2.11. The van der Waals surface area contributed by atoms with E-state index in [4.69, 9.17) is 15.2 Å². The molecule has 0 aromatic heterocycles. The highest BCUT2D eigenvalue weighted by molar-refractivity contribution is 9.11. The van der Waals surface area contributed by atoms with Gasteiger partial charge in [0.25, 0.3) is 0 Å². The zero-order valence-electron chi connectivity index (χ0n) is 14.5. The van der Waals surface area contributed by atoms with Crippen molar-refractivity contribution >= 4 is 33.4 Å². The number of benzene rings is 2. The molecule has 0 spiro atoms. The summed E-state index contributed by atoms with van der Waals surface area (Å²) in [6, 6.07) is 11.9. The molecule has 0 amide bonds. The Labute approximate surface area is 152 Å². The molecule has 5 heteroatoms. The summed E-state index contributed by atoms with van der Waals surface area (Å²) in [5.74, 6) is 1.59. The molecular weight excluding hydrogens is 368 g/mol. The molecule has 0 heterocycles. The number of halogens is 1. The number of nitrogen functional groups attached to an aromatic ring is 1. The van der Waals surface area contributed by atoms with Gasteiger partial charge in [-0.05, 0) is 42.0 Å². The van der Waals surface area contributed by atoms with Crippen LogP contribution in [0.5, 0.6) is 11.5 Å². The number of hydrogen-bond donors (Lipinski definition) is 1. The molecule has 0 aliphatic carbocycles. The number of hydrogen-bond acceptors (Lipinski definition) is 4. The molecule has 0 unspecified atom stereocenters. The molecule has 0 aliphatic rings. The summed E-state index contributed by atoms with van der Waals surface area (Å²) in [7, 11) is 7.28. The Balaban J connectivity index is 2.24. The van der Waals surface area contributed by atoms with Crippen LogP contribution in [0.4, 0.5) is 11.4 Å². The average molecular weight is 391 g/mol. The molecular formula is C19H23BrN2O2. The lowest BCUT2D eigenvalue weighted by molar-refractivity contribution is 0.402. The van der Waals surface area contributed by atoms with E-state index in [1.165, 1.54) is 0 Å². The minimum absolute atomic E-state index is 0.748. The van der Waals surface area contributed by atoms with E-state index < -0.39 is 0 Å². The predicted molar refractivity (Wildman–Crippen MR) is 105 cm³/mol. The molecule has 4 nitrogen and oxygen atoms in total. The molecule has 2 rings (SSSR count). The molecule has 0 radical (unpaired) electrons. The van der Waals surface area contributed by atoms with Crippen LogP contribution in [0.2, 0.25) is 0 Å². The summed E-state index contributed by atoms with van der Waals surface area (Å²) in [6.45, 7) is 0. The SMILES string of the molecule is COc1ccc(OC)c(/C=C(/Br)Cc2ccc(N(C)C)c(N)c2)c1. The lowest BCUT2D eigenvalue weighted by Gasteiger charge is -2.16. The van der Waals surface area contributed by atoms with E-state index >= 15 is 0 Å². The zero-order chi connectivity index (χ0) is 17.7. The monoisotopic (exact) mass is 390 g/mol. The fourth-order valence-electron chi connectivity index (χ4n) is 2.49. The Kier molecular flexibility index (Phi) is 6.15. The number of ether oxygens (including phenoxy) is 2. The Morgan fingerprint density at radius 1 is 1.12 bits per heavy atom. The smallest absolute Gasteiger partial charge is 0.126 e. The van der Waals surface area contributed by atoms with Crippen LogP contribution in [0, 0.1) is 0 Å². The van der Waals surface area contributed by atoms with Crippen LogP contribution in [0.15, 0.2) is 40.9 Å². The second-order valence-corrected chi connectivity index (χ2v) is 6.68. The molecule has 0 atom stereocenters. The van der Waals surface area contributed by atoms with Crippen molar-refractivity contribution in [2.45, 2.75) is 6.42 Å². The highest BCUT2D eigenvalue weighted by Gasteiger charge is 2.06. The van der Waals surface area contributed by atoms with Gasteiger partial charge in [-0.15, -0.1) is 0 Å². The zero-order valence-corrected chi connectivity index (χ0v) is 16.1. The Hall–Kier alpha value is -2.14. The van der Waals surface area contributed by atoms with Crippen LogP contribution in [-0.4, -0.2) is 28.3 Å². The Morgan fingerprint density at radius 3 is 2.46 bits per heavy atom. The van der Waals surface area contributed by atoms with Gasteiger partial charge in [0.05, 0.1) is 25.6 Å². The van der Waals surface area contributed by atoms with Gasteiger partial charge < -0.3 is 20.1 Å². The Morgan fingerprint density at radius 2 is 1.88 bits per heavy atom. The van der Waals surface area contributed by atoms with E-state index in [-0.39, 0.29) is 0 Å². The van der Waals surface area contributed by atoms with Crippen molar-refractivity contribution in [2.24, 2.45) is 0 Å². The fraction of sp³-hybridized carbons (Fsp3) is 0.263. The van der Waals surface area contributed by atoms with Gasteiger partial charge in [0, 0.05) is 30.6 Å². The van der Waals surface area contributed by atoms with Gasteiger partial charge in [-0.3, -0.25) is 0 Å².